The van der Waals surface area contributed by atoms with Crippen LogP contribution < -0.4 is 11.2 Å². The first-order chi connectivity index (χ1) is 8.02. The molecule has 6 nitrogen and oxygen atoms in total. The summed E-state index contributed by atoms with van der Waals surface area (Å²) in [5.74, 6) is -0.782. The summed E-state index contributed by atoms with van der Waals surface area (Å²) in [6.45, 7) is 0. The van der Waals surface area contributed by atoms with Gasteiger partial charge in [-0.05, 0) is 0 Å². The summed E-state index contributed by atoms with van der Waals surface area (Å²) in [5, 5.41) is 9.58. The van der Waals surface area contributed by atoms with Gasteiger partial charge < -0.3 is 9.84 Å². The number of hydrogen-bond acceptors (Lipinski definition) is 5. The van der Waals surface area contributed by atoms with Crippen LogP contribution in [-0.4, -0.2) is 32.6 Å². The van der Waals surface area contributed by atoms with Gasteiger partial charge in [0, 0.05) is 12.2 Å². The lowest BCUT2D eigenvalue weighted by molar-refractivity contribution is -0.00784. The summed E-state index contributed by atoms with van der Waals surface area (Å²) >= 11 is 3.99. The summed E-state index contributed by atoms with van der Waals surface area (Å²) in [5.41, 5.74) is -1.84. The van der Waals surface area contributed by atoms with Gasteiger partial charge >= 0.3 is 5.69 Å². The Hall–Kier alpha value is -1.12. The van der Waals surface area contributed by atoms with Crippen LogP contribution in [0.25, 0.3) is 0 Å². The largest absolute Gasteiger partial charge is 0.390 e. The van der Waals surface area contributed by atoms with E-state index in [1.807, 2.05) is 4.98 Å². The number of nitrogens with zero attached hydrogens (tertiary/aromatic N) is 1. The highest BCUT2D eigenvalue weighted by molar-refractivity contribution is 7.80. The summed E-state index contributed by atoms with van der Waals surface area (Å²) in [4.78, 5) is 24.1. The monoisotopic (exact) mass is 262 g/mol. The van der Waals surface area contributed by atoms with Crippen molar-refractivity contribution < 1.29 is 14.2 Å². The molecule has 1 aliphatic rings. The smallest absolute Gasteiger partial charge is 0.330 e. The molecular weight excluding hydrogens is 251 g/mol. The Bertz CT molecular complexity index is 528. The van der Waals surface area contributed by atoms with Crippen molar-refractivity contribution in [3.05, 3.63) is 32.9 Å². The molecule has 2 rings (SSSR count). The zero-order valence-corrected chi connectivity index (χ0v) is 9.56. The van der Waals surface area contributed by atoms with Crippen molar-refractivity contribution in [2.75, 3.05) is 5.75 Å². The topological polar surface area (TPSA) is 84.3 Å². The van der Waals surface area contributed by atoms with Crippen molar-refractivity contribution >= 4 is 12.6 Å². The fourth-order valence-electron chi connectivity index (χ4n) is 1.72. The predicted molar refractivity (Wildman–Crippen MR) is 59.7 cm³/mol. The molecule has 2 N–H and O–H groups in total. The summed E-state index contributed by atoms with van der Waals surface area (Å²) in [6, 6.07) is 0. The molecule has 0 aromatic carbocycles. The Balaban J connectivity index is 2.34. The fourth-order valence-corrected chi connectivity index (χ4v) is 2.05. The zero-order valence-electron chi connectivity index (χ0n) is 8.67. The molecule has 1 aromatic heterocycles. The normalized spacial score (nSPS) is 28.5. The molecular formula is C9H11FN2O4S. The van der Waals surface area contributed by atoms with Gasteiger partial charge in [0.05, 0.1) is 18.4 Å². The number of ether oxygens (including phenoxy) is 1. The van der Waals surface area contributed by atoms with Crippen molar-refractivity contribution in [2.45, 2.75) is 24.9 Å². The molecule has 1 fully saturated rings. The van der Waals surface area contributed by atoms with E-state index in [4.69, 9.17) is 4.74 Å². The number of hydrogen-bond donors (Lipinski definition) is 3. The molecule has 17 heavy (non-hydrogen) atoms. The van der Waals surface area contributed by atoms with Crippen molar-refractivity contribution in [3.63, 3.8) is 0 Å². The molecule has 0 spiro atoms. The van der Waals surface area contributed by atoms with Crippen molar-refractivity contribution in [1.82, 2.24) is 9.55 Å². The molecule has 2 heterocycles. The minimum Gasteiger partial charge on any atom is -0.390 e. The Morgan fingerprint density at radius 3 is 2.94 bits per heavy atom. The van der Waals surface area contributed by atoms with E-state index in [2.05, 4.69) is 12.6 Å². The van der Waals surface area contributed by atoms with Crippen LogP contribution in [0, 0.1) is 5.82 Å². The quantitative estimate of drug-likeness (QED) is 0.613. The van der Waals surface area contributed by atoms with Crippen LogP contribution in [0.1, 0.15) is 12.6 Å². The van der Waals surface area contributed by atoms with Gasteiger partial charge in [-0.15, -0.1) is 0 Å². The third kappa shape index (κ3) is 2.28. The maximum Gasteiger partial charge on any atom is 0.330 e. The highest BCUT2D eigenvalue weighted by Gasteiger charge is 2.34. The molecule has 1 saturated heterocycles. The van der Waals surface area contributed by atoms with Crippen LogP contribution in [-0.2, 0) is 4.74 Å². The van der Waals surface area contributed by atoms with Gasteiger partial charge in [0.2, 0.25) is 5.82 Å². The lowest BCUT2D eigenvalue weighted by atomic mass is 10.2. The Morgan fingerprint density at radius 2 is 2.35 bits per heavy atom. The van der Waals surface area contributed by atoms with Gasteiger partial charge in [-0.1, -0.05) is 0 Å². The third-order valence-corrected chi connectivity index (χ3v) is 2.98. The van der Waals surface area contributed by atoms with Crippen LogP contribution in [0.2, 0.25) is 0 Å². The molecule has 0 amide bonds. The molecule has 0 aliphatic carbocycles. The van der Waals surface area contributed by atoms with E-state index < -0.39 is 35.5 Å². The van der Waals surface area contributed by atoms with E-state index in [-0.39, 0.29) is 12.2 Å². The molecule has 0 saturated carbocycles. The number of aromatic amines is 1. The molecule has 94 valence electrons. The number of aliphatic hydroxyl groups excluding tert-OH is 1. The van der Waals surface area contributed by atoms with Gasteiger partial charge in [-0.25, -0.2) is 4.79 Å². The predicted octanol–water partition coefficient (Wildman–Crippen LogP) is -0.746. The van der Waals surface area contributed by atoms with Crippen LogP contribution in [0.15, 0.2) is 15.8 Å². The molecule has 0 radical (unpaired) electrons. The minimum absolute atomic E-state index is 0.149. The SMILES string of the molecule is O=c1[nH]c(=O)n([C@H]2C[C@H](O)[C@@H](CS)O2)cc1F. The number of H-pyrrole nitrogens is 1. The molecule has 1 aliphatic heterocycles. The number of nitrogens with one attached hydrogen (secondary N) is 1. The highest BCUT2D eigenvalue weighted by atomic mass is 32.1. The summed E-state index contributed by atoms with van der Waals surface area (Å²) in [6.07, 6.45) is -1.14. The molecule has 0 unspecified atom stereocenters. The standard InChI is InChI=1S/C9H11FN2O4S/c10-4-2-12(9(15)11-8(4)14)7-1-5(13)6(3-17)16-7/h2,5-7,13,17H,1,3H2,(H,11,14,15)/t5-,6+,7+/m0/s1. The molecule has 0 bridgehead atoms. The lowest BCUT2D eigenvalue weighted by Gasteiger charge is -2.14. The second kappa shape index (κ2) is 4.63. The molecule has 8 heteroatoms. The van der Waals surface area contributed by atoms with Gasteiger partial charge in [-0.2, -0.15) is 17.0 Å². The van der Waals surface area contributed by atoms with E-state index in [0.717, 1.165) is 10.8 Å². The van der Waals surface area contributed by atoms with Crippen LogP contribution in [0.5, 0.6) is 0 Å². The fraction of sp³-hybridized carbons (Fsp3) is 0.556. The van der Waals surface area contributed by atoms with Crippen molar-refractivity contribution in [3.8, 4) is 0 Å². The Labute approximate surface area is 100 Å². The summed E-state index contributed by atoms with van der Waals surface area (Å²) in [7, 11) is 0. The highest BCUT2D eigenvalue weighted by Crippen LogP contribution is 2.27. The average Bonchev–Trinajstić information content (AvgIpc) is 2.65. The second-order valence-corrected chi connectivity index (χ2v) is 4.12. The number of thiol groups is 1. The van der Waals surface area contributed by atoms with E-state index in [1.165, 1.54) is 0 Å². The van der Waals surface area contributed by atoms with Crippen molar-refractivity contribution in [2.24, 2.45) is 0 Å². The molecule has 3 atom stereocenters. The maximum atomic E-state index is 13.1. The van der Waals surface area contributed by atoms with E-state index >= 15 is 0 Å². The van der Waals surface area contributed by atoms with Gasteiger partial charge in [-0.3, -0.25) is 14.3 Å². The number of aliphatic hydroxyl groups is 1. The molecule has 1 aromatic rings. The maximum absolute atomic E-state index is 13.1. The van der Waals surface area contributed by atoms with Gasteiger partial charge in [0.25, 0.3) is 5.56 Å². The van der Waals surface area contributed by atoms with E-state index in [9.17, 15) is 19.1 Å². The van der Waals surface area contributed by atoms with Crippen LogP contribution >= 0.6 is 12.6 Å². The lowest BCUT2D eigenvalue weighted by Crippen LogP contribution is -2.33. The third-order valence-electron chi connectivity index (χ3n) is 2.62. The van der Waals surface area contributed by atoms with E-state index in [0.29, 0.717) is 0 Å². The van der Waals surface area contributed by atoms with Crippen LogP contribution in [0.3, 0.4) is 0 Å². The average molecular weight is 262 g/mol. The van der Waals surface area contributed by atoms with Gasteiger partial charge in [0.15, 0.2) is 0 Å². The number of halogens is 1. The first-order valence-electron chi connectivity index (χ1n) is 4.98. The first-order valence-corrected chi connectivity index (χ1v) is 5.61. The van der Waals surface area contributed by atoms with Crippen LogP contribution in [0.4, 0.5) is 4.39 Å². The minimum atomic E-state index is -1.07. The first kappa shape index (κ1) is 12.3. The zero-order chi connectivity index (χ0) is 12.6. The number of rotatable bonds is 2. The summed E-state index contributed by atoms with van der Waals surface area (Å²) < 4.78 is 19.3. The second-order valence-electron chi connectivity index (χ2n) is 3.76. The number of aromatic nitrogens is 2. The van der Waals surface area contributed by atoms with Crippen molar-refractivity contribution in [1.29, 1.82) is 0 Å². The Kier molecular flexibility index (Phi) is 3.36. The Morgan fingerprint density at radius 1 is 1.65 bits per heavy atom. The van der Waals surface area contributed by atoms with E-state index in [1.54, 1.807) is 0 Å². The van der Waals surface area contributed by atoms with Gasteiger partial charge in [0.1, 0.15) is 6.23 Å².